The van der Waals surface area contributed by atoms with Crippen molar-refractivity contribution >= 4 is 46.6 Å². The van der Waals surface area contributed by atoms with Gasteiger partial charge >= 0.3 is 12.0 Å². The van der Waals surface area contributed by atoms with Crippen LogP contribution in [-0.2, 0) is 14.3 Å². The Balaban J connectivity index is 1.61. The maximum Gasteiger partial charge on any atom is 0.321 e. The lowest BCUT2D eigenvalue weighted by Gasteiger charge is -2.22. The van der Waals surface area contributed by atoms with Gasteiger partial charge in [-0.1, -0.05) is 30.9 Å². The van der Waals surface area contributed by atoms with E-state index in [1.807, 2.05) is 0 Å². The van der Waals surface area contributed by atoms with Gasteiger partial charge in [0.2, 0.25) is 0 Å². The van der Waals surface area contributed by atoms with Gasteiger partial charge in [0.15, 0.2) is 12.4 Å². The normalized spacial score (nSPS) is 14.5. The maximum atomic E-state index is 11.8. The van der Waals surface area contributed by atoms with Crippen molar-refractivity contribution in [1.29, 1.82) is 0 Å². The van der Waals surface area contributed by atoms with Crippen LogP contribution in [0.1, 0.15) is 54.6 Å². The number of hydrogen-bond acceptors (Lipinski definition) is 6. The first-order valence-electron chi connectivity index (χ1n) is 8.48. The number of amides is 3. The number of nitrogens with one attached hydrogen (secondary N) is 2. The monoisotopic (exact) mass is 400 g/mol. The molecule has 0 spiro atoms. The van der Waals surface area contributed by atoms with Crippen LogP contribution in [0.4, 0.5) is 4.79 Å². The summed E-state index contributed by atoms with van der Waals surface area (Å²) in [4.78, 5) is 47.3. The largest absolute Gasteiger partial charge is 0.456 e. The van der Waals surface area contributed by atoms with Crippen LogP contribution in [0.5, 0.6) is 0 Å². The smallest absolute Gasteiger partial charge is 0.321 e. The highest BCUT2D eigenvalue weighted by atomic mass is 35.5. The number of imide groups is 1. The number of carbonyl (C=O) groups excluding carboxylic acids is 4. The number of thiophene rings is 1. The van der Waals surface area contributed by atoms with Gasteiger partial charge in [-0.25, -0.2) is 4.79 Å². The van der Waals surface area contributed by atoms with Crippen molar-refractivity contribution in [2.24, 2.45) is 0 Å². The van der Waals surface area contributed by atoms with E-state index in [0.29, 0.717) is 9.21 Å². The molecule has 1 heterocycles. The third-order valence-electron chi connectivity index (χ3n) is 3.96. The molecule has 1 saturated carbocycles. The Morgan fingerprint density at radius 1 is 1.12 bits per heavy atom. The second-order valence-corrected chi connectivity index (χ2v) is 7.76. The molecule has 0 atom stereocenters. The molecule has 0 unspecified atom stereocenters. The molecule has 1 aliphatic rings. The maximum absolute atomic E-state index is 11.8. The number of carbonyl (C=O) groups is 4. The second kappa shape index (κ2) is 10.3. The molecule has 0 aliphatic heterocycles. The third kappa shape index (κ3) is 7.13. The number of Topliss-reactive ketones (excluding diaryl/α,β-unsaturated/α-hetero) is 1. The van der Waals surface area contributed by atoms with Crippen LogP contribution in [0, 0.1) is 0 Å². The summed E-state index contributed by atoms with van der Waals surface area (Å²) in [6.07, 6.45) is 4.92. The standard InChI is InChI=1S/C17H21ClN2O5S/c18-14-8-7-13(26-14)12(21)6-9-16(23)25-10-15(22)20-17(24)19-11-4-2-1-3-5-11/h7-8,11H,1-6,9-10H2,(H2,19,20,22,24). The zero-order valence-electron chi connectivity index (χ0n) is 14.2. The van der Waals surface area contributed by atoms with Crippen LogP contribution in [0.25, 0.3) is 0 Å². The highest BCUT2D eigenvalue weighted by Crippen LogP contribution is 2.23. The summed E-state index contributed by atoms with van der Waals surface area (Å²) in [5.74, 6) is -1.60. The molecule has 9 heteroatoms. The molecule has 2 rings (SSSR count). The Labute approximate surface area is 160 Å². The van der Waals surface area contributed by atoms with Gasteiger partial charge in [-0.3, -0.25) is 19.7 Å². The minimum atomic E-state index is -0.706. The number of halogens is 1. The SMILES string of the molecule is O=C(COC(=O)CCC(=O)c1ccc(Cl)s1)NC(=O)NC1CCCCC1. The van der Waals surface area contributed by atoms with E-state index in [1.54, 1.807) is 12.1 Å². The Morgan fingerprint density at radius 3 is 2.50 bits per heavy atom. The zero-order valence-corrected chi connectivity index (χ0v) is 15.8. The van der Waals surface area contributed by atoms with Crippen molar-refractivity contribution in [3.05, 3.63) is 21.3 Å². The molecule has 7 nitrogen and oxygen atoms in total. The predicted octanol–water partition coefficient (Wildman–Crippen LogP) is 3.07. The van der Waals surface area contributed by atoms with Crippen molar-refractivity contribution in [3.63, 3.8) is 0 Å². The van der Waals surface area contributed by atoms with Crippen LogP contribution in [0.2, 0.25) is 4.34 Å². The molecule has 1 fully saturated rings. The van der Waals surface area contributed by atoms with Crippen molar-refractivity contribution in [2.45, 2.75) is 51.0 Å². The minimum Gasteiger partial charge on any atom is -0.456 e. The van der Waals surface area contributed by atoms with Crippen molar-refractivity contribution in [3.8, 4) is 0 Å². The summed E-state index contributed by atoms with van der Waals surface area (Å²) in [6.45, 7) is -0.560. The van der Waals surface area contributed by atoms with E-state index in [2.05, 4.69) is 10.6 Å². The molecule has 0 radical (unpaired) electrons. The zero-order chi connectivity index (χ0) is 18.9. The quantitative estimate of drug-likeness (QED) is 0.541. The molecule has 142 valence electrons. The van der Waals surface area contributed by atoms with Gasteiger partial charge in [-0.05, 0) is 25.0 Å². The van der Waals surface area contributed by atoms with Crippen molar-refractivity contribution in [1.82, 2.24) is 10.6 Å². The fourth-order valence-electron chi connectivity index (χ4n) is 2.65. The molecule has 0 aromatic carbocycles. The van der Waals surface area contributed by atoms with Crippen molar-refractivity contribution in [2.75, 3.05) is 6.61 Å². The Bertz CT molecular complexity index is 670. The molecule has 0 bridgehead atoms. The number of urea groups is 1. The molecule has 1 aromatic heterocycles. The molecular weight excluding hydrogens is 380 g/mol. The average molecular weight is 401 g/mol. The second-order valence-electron chi connectivity index (χ2n) is 6.04. The Morgan fingerprint density at radius 2 is 1.85 bits per heavy atom. The molecule has 26 heavy (non-hydrogen) atoms. The van der Waals surface area contributed by atoms with Gasteiger partial charge < -0.3 is 10.1 Å². The number of ether oxygens (including phenoxy) is 1. The molecule has 3 amide bonds. The van der Waals surface area contributed by atoms with Gasteiger partial charge in [0, 0.05) is 12.5 Å². The van der Waals surface area contributed by atoms with Gasteiger partial charge in [0.1, 0.15) is 0 Å². The lowest BCUT2D eigenvalue weighted by Crippen LogP contribution is -2.46. The Kier molecular flexibility index (Phi) is 8.06. The first-order chi connectivity index (χ1) is 12.4. The summed E-state index contributed by atoms with van der Waals surface area (Å²) >= 11 is 6.89. The van der Waals surface area contributed by atoms with Crippen LogP contribution in [-0.4, -0.2) is 36.3 Å². The van der Waals surface area contributed by atoms with Gasteiger partial charge in [-0.2, -0.15) is 0 Å². The van der Waals surface area contributed by atoms with Gasteiger partial charge in [-0.15, -0.1) is 11.3 Å². The van der Waals surface area contributed by atoms with E-state index in [-0.39, 0.29) is 24.7 Å². The van der Waals surface area contributed by atoms with E-state index >= 15 is 0 Å². The number of esters is 1. The summed E-state index contributed by atoms with van der Waals surface area (Å²) in [5.41, 5.74) is 0. The summed E-state index contributed by atoms with van der Waals surface area (Å²) in [7, 11) is 0. The van der Waals surface area contributed by atoms with E-state index < -0.39 is 24.5 Å². The van der Waals surface area contributed by atoms with E-state index in [0.717, 1.165) is 43.4 Å². The van der Waals surface area contributed by atoms with Crippen LogP contribution in [0.3, 0.4) is 0 Å². The highest BCUT2D eigenvalue weighted by Gasteiger charge is 2.18. The van der Waals surface area contributed by atoms with Crippen LogP contribution in [0.15, 0.2) is 12.1 Å². The lowest BCUT2D eigenvalue weighted by atomic mass is 9.96. The molecular formula is C17H21ClN2O5S. The minimum absolute atomic E-state index is 0.0283. The first kappa shape index (κ1) is 20.4. The third-order valence-corrected chi connectivity index (χ3v) is 5.23. The number of ketones is 1. The molecule has 1 aromatic rings. The van der Waals surface area contributed by atoms with Gasteiger partial charge in [0.05, 0.1) is 15.6 Å². The fourth-order valence-corrected chi connectivity index (χ4v) is 3.66. The molecule has 0 saturated heterocycles. The first-order valence-corrected chi connectivity index (χ1v) is 9.68. The lowest BCUT2D eigenvalue weighted by molar-refractivity contribution is -0.148. The highest BCUT2D eigenvalue weighted by molar-refractivity contribution is 7.18. The van der Waals surface area contributed by atoms with Crippen LogP contribution < -0.4 is 10.6 Å². The van der Waals surface area contributed by atoms with Crippen LogP contribution >= 0.6 is 22.9 Å². The Hall–Kier alpha value is -1.93. The van der Waals surface area contributed by atoms with E-state index in [9.17, 15) is 19.2 Å². The molecule has 1 aliphatic carbocycles. The van der Waals surface area contributed by atoms with Gasteiger partial charge in [0.25, 0.3) is 5.91 Å². The van der Waals surface area contributed by atoms with E-state index in [1.165, 1.54) is 0 Å². The average Bonchev–Trinajstić information content (AvgIpc) is 3.05. The summed E-state index contributed by atoms with van der Waals surface area (Å²) in [6, 6.07) is 2.71. The van der Waals surface area contributed by atoms with E-state index in [4.69, 9.17) is 16.3 Å². The fraction of sp³-hybridized carbons (Fsp3) is 0.529. The summed E-state index contributed by atoms with van der Waals surface area (Å²) < 4.78 is 5.28. The summed E-state index contributed by atoms with van der Waals surface area (Å²) in [5, 5.41) is 4.86. The topological polar surface area (TPSA) is 102 Å². The number of rotatable bonds is 7. The predicted molar refractivity (Wildman–Crippen MR) is 97.4 cm³/mol. The van der Waals surface area contributed by atoms with Crippen molar-refractivity contribution < 1.29 is 23.9 Å². The number of hydrogen-bond donors (Lipinski definition) is 2. The molecule has 2 N–H and O–H groups in total.